The molecule has 0 aromatic rings. The van der Waals surface area contributed by atoms with Crippen LogP contribution in [0.1, 0.15) is 13.8 Å². The molecule has 3 nitrogen and oxygen atoms in total. The molecular weight excluding hydrogens is 170 g/mol. The molecule has 0 heterocycles. The second kappa shape index (κ2) is 6.99. The number of hydrogen-bond acceptors (Lipinski definition) is 3. The normalized spacial score (nSPS) is 13.6. The van der Waals surface area contributed by atoms with E-state index in [-0.39, 0.29) is 19.7 Å². The smallest absolute Gasteiger partial charge is 0.163 e. The minimum Gasteiger partial charge on any atom is -0.345 e. The van der Waals surface area contributed by atoms with Gasteiger partial charge in [0.2, 0.25) is 0 Å². The van der Waals surface area contributed by atoms with Crippen molar-refractivity contribution in [3.8, 4) is 0 Å². The standard InChI is InChI=1S/C6H21N3Si2/c1-5-8(3)10-7-11-9(4)6-2/h7H,5-6,10-11H2,1-4H3. The maximum Gasteiger partial charge on any atom is 0.163 e. The molecule has 0 aromatic heterocycles. The van der Waals surface area contributed by atoms with Crippen molar-refractivity contribution < 1.29 is 0 Å². The monoisotopic (exact) mass is 191 g/mol. The quantitative estimate of drug-likeness (QED) is 0.515. The Kier molecular flexibility index (Phi) is 7.19. The van der Waals surface area contributed by atoms with Crippen molar-refractivity contribution in [2.24, 2.45) is 0 Å². The molecule has 0 aliphatic heterocycles. The third-order valence-corrected chi connectivity index (χ3v) is 5.61. The molecule has 0 radical (unpaired) electrons. The van der Waals surface area contributed by atoms with E-state index in [4.69, 9.17) is 0 Å². The molecule has 0 aromatic carbocycles. The zero-order chi connectivity index (χ0) is 8.69. The van der Waals surface area contributed by atoms with Crippen molar-refractivity contribution in [1.29, 1.82) is 0 Å². The van der Waals surface area contributed by atoms with Crippen LogP contribution >= 0.6 is 0 Å². The highest BCUT2D eigenvalue weighted by Crippen LogP contribution is 1.74. The first-order valence-corrected chi connectivity index (χ1v) is 6.96. The van der Waals surface area contributed by atoms with Crippen LogP contribution in [0.2, 0.25) is 0 Å². The molecule has 0 saturated carbocycles. The van der Waals surface area contributed by atoms with Crippen molar-refractivity contribution in [3.05, 3.63) is 0 Å². The van der Waals surface area contributed by atoms with Gasteiger partial charge >= 0.3 is 0 Å². The summed E-state index contributed by atoms with van der Waals surface area (Å²) in [5.41, 5.74) is 0. The molecule has 0 fully saturated rings. The molecule has 0 atom stereocenters. The molecule has 0 amide bonds. The first kappa shape index (κ1) is 11.3. The van der Waals surface area contributed by atoms with E-state index >= 15 is 0 Å². The van der Waals surface area contributed by atoms with E-state index in [9.17, 15) is 0 Å². The van der Waals surface area contributed by atoms with Crippen LogP contribution in [0.4, 0.5) is 0 Å². The van der Waals surface area contributed by atoms with Gasteiger partial charge in [0.15, 0.2) is 19.7 Å². The van der Waals surface area contributed by atoms with Gasteiger partial charge in [-0.05, 0) is 27.2 Å². The molecule has 0 saturated heterocycles. The second-order valence-corrected chi connectivity index (χ2v) is 7.70. The molecule has 0 aliphatic rings. The Morgan fingerprint density at radius 1 is 1.00 bits per heavy atom. The first-order valence-electron chi connectivity index (χ1n) is 4.28. The average Bonchev–Trinajstić information content (AvgIpc) is 2.04. The Morgan fingerprint density at radius 2 is 1.36 bits per heavy atom. The minimum absolute atomic E-state index is 0.113. The summed E-state index contributed by atoms with van der Waals surface area (Å²) in [6.07, 6.45) is 0. The summed E-state index contributed by atoms with van der Waals surface area (Å²) in [6, 6.07) is 0. The van der Waals surface area contributed by atoms with Gasteiger partial charge in [0.1, 0.15) is 0 Å². The zero-order valence-corrected chi connectivity index (χ0v) is 11.1. The SMILES string of the molecule is CCN(C)[SiH2]N[SiH2]N(C)CC. The molecule has 0 unspecified atom stereocenters. The third-order valence-electron chi connectivity index (χ3n) is 1.84. The molecule has 1 N–H and O–H groups in total. The van der Waals surface area contributed by atoms with Crippen molar-refractivity contribution in [2.45, 2.75) is 13.8 Å². The van der Waals surface area contributed by atoms with Crippen LogP contribution in [0.5, 0.6) is 0 Å². The molecule has 5 heteroatoms. The van der Waals surface area contributed by atoms with Gasteiger partial charge < -0.3 is 13.8 Å². The van der Waals surface area contributed by atoms with Gasteiger partial charge in [0.25, 0.3) is 0 Å². The maximum absolute atomic E-state index is 3.62. The first-order chi connectivity index (χ1) is 5.20. The van der Waals surface area contributed by atoms with Gasteiger partial charge in [-0.25, -0.2) is 0 Å². The Hall–Kier alpha value is 0.314. The topological polar surface area (TPSA) is 18.5 Å². The zero-order valence-electron chi connectivity index (χ0n) is 8.22. The predicted molar refractivity (Wildman–Crippen MR) is 56.8 cm³/mol. The van der Waals surface area contributed by atoms with Crippen molar-refractivity contribution in [1.82, 2.24) is 13.8 Å². The lowest BCUT2D eigenvalue weighted by atomic mass is 10.8. The number of hydrogen-bond donors (Lipinski definition) is 1. The van der Waals surface area contributed by atoms with Crippen LogP contribution in [0.25, 0.3) is 0 Å². The lowest BCUT2D eigenvalue weighted by Crippen LogP contribution is -2.43. The number of rotatable bonds is 6. The van der Waals surface area contributed by atoms with E-state index < -0.39 is 0 Å². The van der Waals surface area contributed by atoms with E-state index in [2.05, 4.69) is 41.7 Å². The minimum atomic E-state index is -0.113. The van der Waals surface area contributed by atoms with Crippen molar-refractivity contribution >= 4 is 19.7 Å². The van der Waals surface area contributed by atoms with Crippen molar-refractivity contribution in [2.75, 3.05) is 27.2 Å². The number of nitrogens with zero attached hydrogens (tertiary/aromatic N) is 2. The van der Waals surface area contributed by atoms with E-state index in [0.717, 1.165) is 0 Å². The van der Waals surface area contributed by atoms with Crippen LogP contribution in [0.15, 0.2) is 0 Å². The highest BCUT2D eigenvalue weighted by molar-refractivity contribution is 6.47. The molecule has 0 spiro atoms. The predicted octanol–water partition coefficient (Wildman–Crippen LogP) is -1.52. The summed E-state index contributed by atoms with van der Waals surface area (Å²) >= 11 is 0. The number of nitrogens with one attached hydrogen (secondary N) is 1. The van der Waals surface area contributed by atoms with Crippen LogP contribution in [0, 0.1) is 0 Å². The fourth-order valence-corrected chi connectivity index (χ4v) is 4.56. The van der Waals surface area contributed by atoms with Gasteiger partial charge in [-0.15, -0.1) is 0 Å². The average molecular weight is 191 g/mol. The van der Waals surface area contributed by atoms with Gasteiger partial charge in [0, 0.05) is 0 Å². The van der Waals surface area contributed by atoms with Gasteiger partial charge in [0.05, 0.1) is 0 Å². The summed E-state index contributed by atoms with van der Waals surface area (Å²) in [6.45, 7) is 6.78. The Morgan fingerprint density at radius 3 is 1.64 bits per heavy atom. The summed E-state index contributed by atoms with van der Waals surface area (Å²) in [5, 5.41) is 0. The van der Waals surface area contributed by atoms with Crippen molar-refractivity contribution in [3.63, 3.8) is 0 Å². The van der Waals surface area contributed by atoms with E-state index in [1.807, 2.05) is 0 Å². The lowest BCUT2D eigenvalue weighted by molar-refractivity contribution is 0.546. The summed E-state index contributed by atoms with van der Waals surface area (Å²) < 4.78 is 8.44. The molecule has 0 rings (SSSR count). The second-order valence-electron chi connectivity index (χ2n) is 2.91. The summed E-state index contributed by atoms with van der Waals surface area (Å²) in [4.78, 5) is 0. The van der Waals surface area contributed by atoms with Gasteiger partial charge in [-0.2, -0.15) is 0 Å². The fraction of sp³-hybridized carbons (Fsp3) is 1.00. The molecule has 68 valence electrons. The molecular formula is C6H21N3Si2. The van der Waals surface area contributed by atoms with Gasteiger partial charge in [-0.1, -0.05) is 13.8 Å². The third kappa shape index (κ3) is 6.70. The Bertz CT molecular complexity index is 81.9. The maximum atomic E-state index is 3.62. The van der Waals surface area contributed by atoms with Gasteiger partial charge in [-0.3, -0.25) is 0 Å². The van der Waals surface area contributed by atoms with E-state index in [1.54, 1.807) is 0 Å². The van der Waals surface area contributed by atoms with E-state index in [0.29, 0.717) is 0 Å². The highest BCUT2D eigenvalue weighted by Gasteiger charge is 1.96. The molecule has 11 heavy (non-hydrogen) atoms. The van der Waals surface area contributed by atoms with Crippen LogP contribution in [0.3, 0.4) is 0 Å². The lowest BCUT2D eigenvalue weighted by Gasteiger charge is -2.17. The fourth-order valence-electron chi connectivity index (χ4n) is 0.655. The Labute approximate surface area is 75.1 Å². The Balaban J connectivity index is 3.13. The largest absolute Gasteiger partial charge is 0.345 e. The van der Waals surface area contributed by atoms with Crippen LogP contribution in [-0.2, 0) is 0 Å². The molecule has 0 aliphatic carbocycles. The van der Waals surface area contributed by atoms with Crippen LogP contribution in [-0.4, -0.2) is 56.0 Å². The van der Waals surface area contributed by atoms with Crippen LogP contribution < -0.4 is 4.65 Å². The molecule has 0 bridgehead atoms. The highest BCUT2D eigenvalue weighted by atomic mass is 28.3. The summed E-state index contributed by atoms with van der Waals surface area (Å²) in [5.74, 6) is 0. The van der Waals surface area contributed by atoms with E-state index in [1.165, 1.54) is 13.1 Å². The summed E-state index contributed by atoms with van der Waals surface area (Å²) in [7, 11) is 4.16.